The predicted molar refractivity (Wildman–Crippen MR) is 88.9 cm³/mol. The lowest BCUT2D eigenvalue weighted by Crippen LogP contribution is -2.15. The molecule has 0 spiro atoms. The molecule has 1 aliphatic heterocycles. The Labute approximate surface area is 135 Å². The normalized spacial score (nSPS) is 17.1. The summed E-state index contributed by atoms with van der Waals surface area (Å²) in [6, 6.07) is 7.77. The SMILES string of the molecule is CN(C)c1ccnc(NC2CCCOc3cc(Cl)ccc32)n1. The molecule has 1 aromatic carbocycles. The number of nitrogens with one attached hydrogen (secondary N) is 1. The topological polar surface area (TPSA) is 50.3 Å². The Bertz CT molecular complexity index is 662. The summed E-state index contributed by atoms with van der Waals surface area (Å²) in [4.78, 5) is 10.8. The fourth-order valence-corrected chi connectivity index (χ4v) is 2.68. The predicted octanol–water partition coefficient (Wildman–Crippen LogP) is 3.52. The molecule has 116 valence electrons. The number of benzene rings is 1. The number of rotatable bonds is 3. The van der Waals surface area contributed by atoms with Crippen LogP contribution in [0.5, 0.6) is 5.75 Å². The number of hydrogen-bond acceptors (Lipinski definition) is 5. The molecule has 0 aliphatic carbocycles. The Morgan fingerprint density at radius 1 is 1.32 bits per heavy atom. The number of nitrogens with zero attached hydrogens (tertiary/aromatic N) is 3. The summed E-state index contributed by atoms with van der Waals surface area (Å²) < 4.78 is 5.79. The molecule has 0 radical (unpaired) electrons. The van der Waals surface area contributed by atoms with Crippen molar-refractivity contribution in [2.24, 2.45) is 0 Å². The molecular formula is C16H19ClN4O. The van der Waals surface area contributed by atoms with Gasteiger partial charge in [0.15, 0.2) is 0 Å². The maximum atomic E-state index is 6.06. The summed E-state index contributed by atoms with van der Waals surface area (Å²) >= 11 is 6.06. The van der Waals surface area contributed by atoms with E-state index in [9.17, 15) is 0 Å². The molecule has 1 aliphatic rings. The molecule has 0 saturated carbocycles. The second-order valence-electron chi connectivity index (χ2n) is 5.50. The highest BCUT2D eigenvalue weighted by molar-refractivity contribution is 6.30. The van der Waals surface area contributed by atoms with Gasteiger partial charge in [0.25, 0.3) is 0 Å². The molecule has 1 unspecified atom stereocenters. The zero-order valence-electron chi connectivity index (χ0n) is 12.7. The van der Waals surface area contributed by atoms with Gasteiger partial charge in [0.1, 0.15) is 11.6 Å². The van der Waals surface area contributed by atoms with E-state index in [1.54, 1.807) is 6.20 Å². The standard InChI is InChI=1S/C16H19ClN4O/c1-21(2)15-7-8-18-16(20-15)19-13-4-3-9-22-14-10-11(17)5-6-12(13)14/h5-8,10,13H,3-4,9H2,1-2H3,(H,18,19,20). The fourth-order valence-electron chi connectivity index (χ4n) is 2.52. The van der Waals surface area contributed by atoms with E-state index in [0.29, 0.717) is 17.6 Å². The van der Waals surface area contributed by atoms with E-state index in [2.05, 4.69) is 15.3 Å². The van der Waals surface area contributed by atoms with Crippen LogP contribution in [0.15, 0.2) is 30.5 Å². The maximum absolute atomic E-state index is 6.06. The van der Waals surface area contributed by atoms with Crippen LogP contribution in [0.2, 0.25) is 5.02 Å². The molecule has 2 aromatic rings. The van der Waals surface area contributed by atoms with Crippen LogP contribution in [-0.2, 0) is 0 Å². The number of aromatic nitrogens is 2. The highest BCUT2D eigenvalue weighted by Gasteiger charge is 2.21. The lowest BCUT2D eigenvalue weighted by molar-refractivity contribution is 0.316. The van der Waals surface area contributed by atoms with Crippen molar-refractivity contribution in [3.8, 4) is 5.75 Å². The van der Waals surface area contributed by atoms with Crippen LogP contribution >= 0.6 is 11.6 Å². The van der Waals surface area contributed by atoms with Gasteiger partial charge in [-0.1, -0.05) is 17.7 Å². The first-order chi connectivity index (χ1) is 10.6. The third-order valence-corrected chi connectivity index (χ3v) is 3.88. The minimum atomic E-state index is 0.118. The van der Waals surface area contributed by atoms with Crippen molar-refractivity contribution in [2.45, 2.75) is 18.9 Å². The molecule has 6 heteroatoms. The summed E-state index contributed by atoms with van der Waals surface area (Å²) in [5.41, 5.74) is 1.10. The largest absolute Gasteiger partial charge is 0.493 e. The quantitative estimate of drug-likeness (QED) is 0.938. The Morgan fingerprint density at radius 2 is 2.18 bits per heavy atom. The van der Waals surface area contributed by atoms with Gasteiger partial charge >= 0.3 is 0 Å². The Morgan fingerprint density at radius 3 is 3.00 bits per heavy atom. The number of halogens is 1. The third kappa shape index (κ3) is 3.25. The maximum Gasteiger partial charge on any atom is 0.225 e. The summed E-state index contributed by atoms with van der Waals surface area (Å²) in [7, 11) is 3.92. The van der Waals surface area contributed by atoms with E-state index < -0.39 is 0 Å². The van der Waals surface area contributed by atoms with Crippen molar-refractivity contribution < 1.29 is 4.74 Å². The van der Waals surface area contributed by atoms with Gasteiger partial charge in [-0.25, -0.2) is 4.98 Å². The van der Waals surface area contributed by atoms with E-state index in [-0.39, 0.29) is 6.04 Å². The molecule has 0 saturated heterocycles. The van der Waals surface area contributed by atoms with E-state index in [0.717, 1.165) is 30.0 Å². The second-order valence-corrected chi connectivity index (χ2v) is 5.94. The fraction of sp³-hybridized carbons (Fsp3) is 0.375. The van der Waals surface area contributed by atoms with Crippen molar-refractivity contribution in [1.82, 2.24) is 9.97 Å². The summed E-state index contributed by atoms with van der Waals surface area (Å²) in [5.74, 6) is 2.34. The number of anilines is 2. The van der Waals surface area contributed by atoms with Crippen LogP contribution in [-0.4, -0.2) is 30.7 Å². The van der Waals surface area contributed by atoms with Crippen LogP contribution in [0.3, 0.4) is 0 Å². The van der Waals surface area contributed by atoms with Crippen molar-refractivity contribution in [2.75, 3.05) is 30.9 Å². The lowest BCUT2D eigenvalue weighted by atomic mass is 10.0. The van der Waals surface area contributed by atoms with Crippen LogP contribution in [0, 0.1) is 0 Å². The molecule has 22 heavy (non-hydrogen) atoms. The highest BCUT2D eigenvalue weighted by atomic mass is 35.5. The highest BCUT2D eigenvalue weighted by Crippen LogP contribution is 2.35. The molecule has 5 nitrogen and oxygen atoms in total. The lowest BCUT2D eigenvalue weighted by Gasteiger charge is -2.19. The van der Waals surface area contributed by atoms with Gasteiger partial charge in [-0.2, -0.15) is 4.98 Å². The first-order valence-corrected chi connectivity index (χ1v) is 7.70. The molecule has 0 amide bonds. The zero-order chi connectivity index (χ0) is 15.5. The Kier molecular flexibility index (Phi) is 4.34. The van der Waals surface area contributed by atoms with Crippen LogP contribution in [0.25, 0.3) is 0 Å². The van der Waals surface area contributed by atoms with E-state index >= 15 is 0 Å². The van der Waals surface area contributed by atoms with Gasteiger partial charge < -0.3 is 15.0 Å². The first kappa shape index (κ1) is 14.9. The zero-order valence-corrected chi connectivity index (χ0v) is 13.5. The number of ether oxygens (including phenoxy) is 1. The molecule has 2 heterocycles. The average Bonchev–Trinajstić information content (AvgIpc) is 2.69. The Balaban J connectivity index is 1.87. The Hall–Kier alpha value is -2.01. The van der Waals surface area contributed by atoms with Crippen molar-refractivity contribution >= 4 is 23.4 Å². The van der Waals surface area contributed by atoms with Gasteiger partial charge in [-0.05, 0) is 31.0 Å². The van der Waals surface area contributed by atoms with Crippen LogP contribution < -0.4 is 15.0 Å². The second kappa shape index (κ2) is 6.40. The van der Waals surface area contributed by atoms with Gasteiger partial charge in [0.2, 0.25) is 5.95 Å². The van der Waals surface area contributed by atoms with Gasteiger partial charge in [0.05, 0.1) is 12.6 Å². The summed E-state index contributed by atoms with van der Waals surface area (Å²) in [6.45, 7) is 0.699. The average molecular weight is 319 g/mol. The first-order valence-electron chi connectivity index (χ1n) is 7.32. The molecule has 3 rings (SSSR count). The van der Waals surface area contributed by atoms with E-state index in [1.807, 2.05) is 43.3 Å². The minimum Gasteiger partial charge on any atom is -0.493 e. The minimum absolute atomic E-state index is 0.118. The van der Waals surface area contributed by atoms with Crippen molar-refractivity contribution in [1.29, 1.82) is 0 Å². The van der Waals surface area contributed by atoms with Gasteiger partial charge in [0, 0.05) is 30.9 Å². The number of fused-ring (bicyclic) bond motifs is 1. The van der Waals surface area contributed by atoms with E-state index in [1.165, 1.54) is 0 Å². The number of hydrogen-bond donors (Lipinski definition) is 1. The molecule has 0 fully saturated rings. The summed E-state index contributed by atoms with van der Waals surface area (Å²) in [6.07, 6.45) is 3.70. The monoisotopic (exact) mass is 318 g/mol. The van der Waals surface area contributed by atoms with E-state index in [4.69, 9.17) is 16.3 Å². The van der Waals surface area contributed by atoms with Crippen LogP contribution in [0.1, 0.15) is 24.4 Å². The molecule has 1 aromatic heterocycles. The molecule has 1 atom stereocenters. The third-order valence-electron chi connectivity index (χ3n) is 3.65. The van der Waals surface area contributed by atoms with Crippen molar-refractivity contribution in [3.05, 3.63) is 41.0 Å². The summed E-state index contributed by atoms with van der Waals surface area (Å²) in [5, 5.41) is 4.11. The molecule has 1 N–H and O–H groups in total. The smallest absolute Gasteiger partial charge is 0.225 e. The molecule has 0 bridgehead atoms. The molecular weight excluding hydrogens is 300 g/mol. The van der Waals surface area contributed by atoms with Crippen LogP contribution in [0.4, 0.5) is 11.8 Å². The van der Waals surface area contributed by atoms with Gasteiger partial charge in [-0.3, -0.25) is 0 Å². The van der Waals surface area contributed by atoms with Crippen molar-refractivity contribution in [3.63, 3.8) is 0 Å². The van der Waals surface area contributed by atoms with Gasteiger partial charge in [-0.15, -0.1) is 0 Å².